The fourth-order valence-corrected chi connectivity index (χ4v) is 3.11. The van der Waals surface area contributed by atoms with Crippen molar-refractivity contribution in [2.24, 2.45) is 0 Å². The standard InChI is InChI=1S/C16H21ClN2O2/c1-11-4-5-13-14(8-11)19(15(18-13)12(2)17)9-16(20-3)6-7-21-10-16/h4-5,8,12H,6-7,9-10H2,1-3H3. The molecule has 1 aliphatic heterocycles. The van der Waals surface area contributed by atoms with Gasteiger partial charge in [-0.3, -0.25) is 0 Å². The molecule has 0 radical (unpaired) electrons. The normalized spacial score (nSPS) is 23.8. The first-order valence-electron chi connectivity index (χ1n) is 7.28. The van der Waals surface area contributed by atoms with Crippen LogP contribution in [0.4, 0.5) is 0 Å². The summed E-state index contributed by atoms with van der Waals surface area (Å²) in [5, 5.41) is -0.145. The summed E-state index contributed by atoms with van der Waals surface area (Å²) in [4.78, 5) is 4.70. The van der Waals surface area contributed by atoms with Crippen molar-refractivity contribution in [2.45, 2.75) is 37.8 Å². The second-order valence-electron chi connectivity index (χ2n) is 5.85. The molecule has 4 nitrogen and oxygen atoms in total. The number of aromatic nitrogens is 2. The lowest BCUT2D eigenvalue weighted by Gasteiger charge is -2.27. The van der Waals surface area contributed by atoms with Gasteiger partial charge in [0.1, 0.15) is 11.4 Å². The number of imidazole rings is 1. The topological polar surface area (TPSA) is 36.3 Å². The Morgan fingerprint density at radius 3 is 2.95 bits per heavy atom. The number of halogens is 1. The molecule has 1 aliphatic rings. The quantitative estimate of drug-likeness (QED) is 0.812. The Kier molecular flexibility index (Phi) is 3.95. The summed E-state index contributed by atoms with van der Waals surface area (Å²) < 4.78 is 13.5. The first kappa shape index (κ1) is 14.8. The molecule has 1 aromatic carbocycles. The van der Waals surface area contributed by atoms with Gasteiger partial charge < -0.3 is 14.0 Å². The maximum absolute atomic E-state index is 6.34. The van der Waals surface area contributed by atoms with Crippen LogP contribution in [0.3, 0.4) is 0 Å². The number of hydrogen-bond acceptors (Lipinski definition) is 3. The third kappa shape index (κ3) is 2.68. The van der Waals surface area contributed by atoms with Crippen molar-refractivity contribution < 1.29 is 9.47 Å². The van der Waals surface area contributed by atoms with Crippen molar-refractivity contribution >= 4 is 22.6 Å². The van der Waals surface area contributed by atoms with E-state index in [1.807, 2.05) is 6.92 Å². The average Bonchev–Trinajstić information content (AvgIpc) is 3.05. The van der Waals surface area contributed by atoms with Crippen LogP contribution in [0.15, 0.2) is 18.2 Å². The zero-order valence-corrected chi connectivity index (χ0v) is 13.5. The minimum Gasteiger partial charge on any atom is -0.378 e. The van der Waals surface area contributed by atoms with Gasteiger partial charge in [0, 0.05) is 20.1 Å². The molecule has 114 valence electrons. The molecule has 0 N–H and O–H groups in total. The Balaban J connectivity index is 2.10. The van der Waals surface area contributed by atoms with E-state index in [1.54, 1.807) is 7.11 Å². The van der Waals surface area contributed by atoms with Gasteiger partial charge in [-0.15, -0.1) is 11.6 Å². The second kappa shape index (κ2) is 5.59. The molecule has 0 spiro atoms. The van der Waals surface area contributed by atoms with Gasteiger partial charge in [0.05, 0.1) is 29.6 Å². The Bertz CT molecular complexity index is 645. The molecule has 2 aromatic rings. The van der Waals surface area contributed by atoms with Gasteiger partial charge in [-0.05, 0) is 31.5 Å². The molecule has 0 saturated carbocycles. The van der Waals surface area contributed by atoms with Gasteiger partial charge in [0.15, 0.2) is 0 Å². The monoisotopic (exact) mass is 308 g/mol. The smallest absolute Gasteiger partial charge is 0.127 e. The van der Waals surface area contributed by atoms with Gasteiger partial charge in [-0.2, -0.15) is 0 Å². The zero-order valence-electron chi connectivity index (χ0n) is 12.7. The van der Waals surface area contributed by atoms with E-state index in [0.29, 0.717) is 6.61 Å². The largest absolute Gasteiger partial charge is 0.378 e. The molecular formula is C16H21ClN2O2. The lowest BCUT2D eigenvalue weighted by atomic mass is 10.0. The minimum absolute atomic E-state index is 0.145. The molecule has 1 aromatic heterocycles. The molecule has 5 heteroatoms. The molecule has 0 bridgehead atoms. The number of fused-ring (bicyclic) bond motifs is 1. The Morgan fingerprint density at radius 2 is 2.33 bits per heavy atom. The fraction of sp³-hybridized carbons (Fsp3) is 0.562. The van der Waals surface area contributed by atoms with Crippen LogP contribution in [-0.4, -0.2) is 35.5 Å². The number of rotatable bonds is 4. The average molecular weight is 309 g/mol. The summed E-state index contributed by atoms with van der Waals surface area (Å²) >= 11 is 6.34. The SMILES string of the molecule is COC1(Cn2c(C(C)Cl)nc3ccc(C)cc32)CCOC1. The summed E-state index contributed by atoms with van der Waals surface area (Å²) in [7, 11) is 1.75. The van der Waals surface area contributed by atoms with Crippen LogP contribution in [0.5, 0.6) is 0 Å². The molecule has 21 heavy (non-hydrogen) atoms. The third-order valence-electron chi connectivity index (χ3n) is 4.24. The van der Waals surface area contributed by atoms with Crippen LogP contribution < -0.4 is 0 Å². The molecule has 1 saturated heterocycles. The lowest BCUT2D eigenvalue weighted by Crippen LogP contribution is -2.37. The van der Waals surface area contributed by atoms with Crippen LogP contribution in [0.2, 0.25) is 0 Å². The number of hydrogen-bond donors (Lipinski definition) is 0. The van der Waals surface area contributed by atoms with E-state index in [9.17, 15) is 0 Å². The van der Waals surface area contributed by atoms with Crippen LogP contribution in [0.1, 0.15) is 30.1 Å². The van der Waals surface area contributed by atoms with E-state index in [2.05, 4.69) is 29.7 Å². The highest BCUT2D eigenvalue weighted by molar-refractivity contribution is 6.20. The Labute approximate surface area is 130 Å². The van der Waals surface area contributed by atoms with E-state index >= 15 is 0 Å². The van der Waals surface area contributed by atoms with Gasteiger partial charge in [-0.25, -0.2) is 4.98 Å². The molecule has 1 fully saturated rings. The number of ether oxygens (including phenoxy) is 2. The zero-order chi connectivity index (χ0) is 15.0. The maximum atomic E-state index is 6.34. The van der Waals surface area contributed by atoms with E-state index in [-0.39, 0.29) is 11.0 Å². The molecule has 2 atom stereocenters. The van der Waals surface area contributed by atoms with Gasteiger partial charge in [0.25, 0.3) is 0 Å². The Morgan fingerprint density at radius 1 is 1.52 bits per heavy atom. The number of nitrogens with zero attached hydrogens (tertiary/aromatic N) is 2. The van der Waals surface area contributed by atoms with Crippen molar-refractivity contribution in [1.29, 1.82) is 0 Å². The van der Waals surface area contributed by atoms with Crippen molar-refractivity contribution in [2.75, 3.05) is 20.3 Å². The summed E-state index contributed by atoms with van der Waals surface area (Å²) in [6.07, 6.45) is 0.894. The van der Waals surface area contributed by atoms with Gasteiger partial charge >= 0.3 is 0 Å². The summed E-state index contributed by atoms with van der Waals surface area (Å²) in [6, 6.07) is 6.28. The second-order valence-corrected chi connectivity index (χ2v) is 6.51. The summed E-state index contributed by atoms with van der Waals surface area (Å²) in [5.41, 5.74) is 3.03. The number of benzene rings is 1. The van der Waals surface area contributed by atoms with Crippen molar-refractivity contribution in [1.82, 2.24) is 9.55 Å². The summed E-state index contributed by atoms with van der Waals surface area (Å²) in [6.45, 7) is 6.12. The van der Waals surface area contributed by atoms with E-state index in [1.165, 1.54) is 5.56 Å². The number of aryl methyl sites for hydroxylation is 1. The van der Waals surface area contributed by atoms with Crippen LogP contribution in [0.25, 0.3) is 11.0 Å². The predicted molar refractivity (Wildman–Crippen MR) is 83.9 cm³/mol. The van der Waals surface area contributed by atoms with Crippen molar-refractivity contribution in [3.05, 3.63) is 29.6 Å². The minimum atomic E-state index is -0.280. The van der Waals surface area contributed by atoms with E-state index < -0.39 is 0 Å². The van der Waals surface area contributed by atoms with Gasteiger partial charge in [-0.1, -0.05) is 6.07 Å². The fourth-order valence-electron chi connectivity index (χ4n) is 2.95. The Hall–Kier alpha value is -1.10. The number of alkyl halides is 1. The first-order chi connectivity index (χ1) is 10.0. The summed E-state index contributed by atoms with van der Waals surface area (Å²) in [5.74, 6) is 0.889. The molecule has 0 amide bonds. The highest BCUT2D eigenvalue weighted by atomic mass is 35.5. The van der Waals surface area contributed by atoms with Crippen LogP contribution in [0, 0.1) is 6.92 Å². The lowest BCUT2D eigenvalue weighted by molar-refractivity contribution is -0.0292. The van der Waals surface area contributed by atoms with E-state index in [0.717, 1.165) is 36.4 Å². The molecule has 2 heterocycles. The highest BCUT2D eigenvalue weighted by Gasteiger charge is 2.36. The molecular weight excluding hydrogens is 288 g/mol. The predicted octanol–water partition coefficient (Wildman–Crippen LogP) is 3.45. The van der Waals surface area contributed by atoms with E-state index in [4.69, 9.17) is 26.1 Å². The number of methoxy groups -OCH3 is 1. The van der Waals surface area contributed by atoms with Crippen LogP contribution in [-0.2, 0) is 16.0 Å². The maximum Gasteiger partial charge on any atom is 0.127 e. The van der Waals surface area contributed by atoms with Crippen LogP contribution >= 0.6 is 11.6 Å². The molecule has 0 aliphatic carbocycles. The molecule has 2 unspecified atom stereocenters. The highest BCUT2D eigenvalue weighted by Crippen LogP contribution is 2.31. The van der Waals surface area contributed by atoms with Crippen molar-refractivity contribution in [3.8, 4) is 0 Å². The first-order valence-corrected chi connectivity index (χ1v) is 7.72. The van der Waals surface area contributed by atoms with Crippen molar-refractivity contribution in [3.63, 3.8) is 0 Å². The van der Waals surface area contributed by atoms with Gasteiger partial charge in [0.2, 0.25) is 0 Å². The molecule has 3 rings (SSSR count). The third-order valence-corrected chi connectivity index (χ3v) is 4.43.